The van der Waals surface area contributed by atoms with E-state index in [1.807, 2.05) is 82.3 Å². The van der Waals surface area contributed by atoms with Crippen molar-refractivity contribution in [3.05, 3.63) is 96.7 Å². The molecule has 0 aliphatic carbocycles. The van der Waals surface area contributed by atoms with Crippen molar-refractivity contribution in [3.63, 3.8) is 0 Å². The molecule has 30 heavy (non-hydrogen) atoms. The number of hydrogen-bond donors (Lipinski definition) is 1. The fourth-order valence-corrected chi connectivity index (χ4v) is 4.15. The topological polar surface area (TPSA) is 81.8 Å². The first kappa shape index (κ1) is 19.8. The Morgan fingerprint density at radius 2 is 1.77 bits per heavy atom. The van der Waals surface area contributed by atoms with Gasteiger partial charge in [-0.25, -0.2) is 4.68 Å². The highest BCUT2D eigenvalue weighted by Crippen LogP contribution is 2.21. The molecule has 0 saturated carbocycles. The molecule has 1 amide bonds. The van der Waals surface area contributed by atoms with Crippen LogP contribution in [0.25, 0.3) is 11.5 Å². The molecular formula is C22H21N5O2S. The minimum atomic E-state index is -1.37. The van der Waals surface area contributed by atoms with E-state index < -0.39 is 10.8 Å². The van der Waals surface area contributed by atoms with Gasteiger partial charge in [0.15, 0.2) is 0 Å². The van der Waals surface area contributed by atoms with Gasteiger partial charge in [0.05, 0.1) is 29.9 Å². The van der Waals surface area contributed by atoms with E-state index >= 15 is 0 Å². The lowest BCUT2D eigenvalue weighted by atomic mass is 10.3. The molecule has 4 aromatic rings. The number of para-hydroxylation sites is 1. The first-order chi connectivity index (χ1) is 14.7. The maximum absolute atomic E-state index is 12.7. The lowest BCUT2D eigenvalue weighted by Gasteiger charge is -2.11. The molecule has 8 heteroatoms. The van der Waals surface area contributed by atoms with Gasteiger partial charge in [0, 0.05) is 35.0 Å². The molecule has 0 spiro atoms. The van der Waals surface area contributed by atoms with Crippen molar-refractivity contribution in [2.24, 2.45) is 0 Å². The maximum Gasteiger partial charge on any atom is 0.232 e. The second-order valence-corrected chi connectivity index (χ2v) is 8.11. The number of aromatic nitrogens is 4. The molecule has 152 valence electrons. The van der Waals surface area contributed by atoms with Crippen molar-refractivity contribution in [2.75, 3.05) is 5.75 Å². The van der Waals surface area contributed by atoms with Crippen LogP contribution in [-0.4, -0.2) is 35.2 Å². The molecule has 0 radical (unpaired) electrons. The number of pyridine rings is 1. The van der Waals surface area contributed by atoms with Gasteiger partial charge in [0.2, 0.25) is 5.91 Å². The summed E-state index contributed by atoms with van der Waals surface area (Å²) in [5, 5.41) is 7.27. The Balaban J connectivity index is 1.47. The Labute approximate surface area is 176 Å². The Kier molecular flexibility index (Phi) is 6.14. The van der Waals surface area contributed by atoms with Gasteiger partial charge in [-0.1, -0.05) is 24.3 Å². The van der Waals surface area contributed by atoms with Gasteiger partial charge in [0.1, 0.15) is 11.6 Å². The van der Waals surface area contributed by atoms with Crippen molar-refractivity contribution < 1.29 is 9.00 Å². The summed E-state index contributed by atoms with van der Waals surface area (Å²) in [4.78, 5) is 16.4. The van der Waals surface area contributed by atoms with Crippen LogP contribution in [-0.2, 0) is 27.9 Å². The summed E-state index contributed by atoms with van der Waals surface area (Å²) in [5.41, 5.74) is 2.48. The Morgan fingerprint density at radius 1 is 1.00 bits per heavy atom. The van der Waals surface area contributed by atoms with Crippen molar-refractivity contribution >= 4 is 16.7 Å². The van der Waals surface area contributed by atoms with Crippen LogP contribution in [0.15, 0.2) is 85.5 Å². The molecule has 7 nitrogen and oxygen atoms in total. The molecule has 4 rings (SSSR count). The number of nitrogens with one attached hydrogen (secondary N) is 1. The fraction of sp³-hybridized carbons (Fsp3) is 0.136. The highest BCUT2D eigenvalue weighted by Gasteiger charge is 2.17. The van der Waals surface area contributed by atoms with Crippen LogP contribution in [0.2, 0.25) is 0 Å². The van der Waals surface area contributed by atoms with Crippen molar-refractivity contribution in [1.82, 2.24) is 24.6 Å². The molecule has 1 atom stereocenters. The predicted octanol–water partition coefficient (Wildman–Crippen LogP) is 2.62. The summed E-state index contributed by atoms with van der Waals surface area (Å²) in [6, 6.07) is 19.1. The molecular weight excluding hydrogens is 398 g/mol. The summed E-state index contributed by atoms with van der Waals surface area (Å²) >= 11 is 0. The maximum atomic E-state index is 12.7. The number of rotatable bonds is 8. The number of carbonyl (C=O) groups is 1. The molecule has 1 aromatic carbocycles. The summed E-state index contributed by atoms with van der Waals surface area (Å²) < 4.78 is 16.4. The zero-order valence-electron chi connectivity index (χ0n) is 16.2. The highest BCUT2D eigenvalue weighted by molar-refractivity contribution is 7.84. The van der Waals surface area contributed by atoms with Crippen molar-refractivity contribution in [2.45, 2.75) is 12.3 Å². The zero-order chi connectivity index (χ0) is 20.8. The third-order valence-electron chi connectivity index (χ3n) is 4.47. The molecule has 0 saturated heterocycles. The number of carbonyl (C=O) groups excluding carboxylic acids is 1. The van der Waals surface area contributed by atoms with Gasteiger partial charge >= 0.3 is 0 Å². The van der Waals surface area contributed by atoms with Crippen LogP contribution >= 0.6 is 0 Å². The van der Waals surface area contributed by atoms with Crippen LogP contribution < -0.4 is 5.32 Å². The van der Waals surface area contributed by atoms with Gasteiger partial charge in [-0.15, -0.1) is 0 Å². The second kappa shape index (κ2) is 9.32. The molecule has 1 N–H and O–H groups in total. The minimum absolute atomic E-state index is 0.0749. The third-order valence-corrected chi connectivity index (χ3v) is 5.69. The first-order valence-corrected chi connectivity index (χ1v) is 11.0. The van der Waals surface area contributed by atoms with E-state index in [-0.39, 0.29) is 17.4 Å². The van der Waals surface area contributed by atoms with Gasteiger partial charge in [0.25, 0.3) is 0 Å². The van der Waals surface area contributed by atoms with E-state index in [1.165, 1.54) is 0 Å². The van der Waals surface area contributed by atoms with Gasteiger partial charge in [-0.05, 0) is 36.4 Å². The predicted molar refractivity (Wildman–Crippen MR) is 116 cm³/mol. The average Bonchev–Trinajstić information content (AvgIpc) is 3.43. The molecule has 0 aliphatic heterocycles. The van der Waals surface area contributed by atoms with E-state index in [4.69, 9.17) is 0 Å². The zero-order valence-corrected chi connectivity index (χ0v) is 17.0. The van der Waals surface area contributed by atoms with Gasteiger partial charge < -0.3 is 9.88 Å². The minimum Gasteiger partial charge on any atom is -0.350 e. The van der Waals surface area contributed by atoms with E-state index in [0.29, 0.717) is 6.54 Å². The molecule has 0 fully saturated rings. The molecule has 0 bridgehead atoms. The van der Waals surface area contributed by atoms with Crippen LogP contribution in [0.3, 0.4) is 0 Å². The SMILES string of the molecule is O=C(C[S@@](=O)Cc1cnn(-c2ccccc2)c1-n1cccc1)NCc1ccccn1. The lowest BCUT2D eigenvalue weighted by Crippen LogP contribution is -2.28. The Hall–Kier alpha value is -3.52. The standard InChI is InChI=1S/C22H21N5O2S/c28-21(24-15-19-8-4-5-11-23-19)17-30(29)16-18-14-25-27(20-9-2-1-3-10-20)22(18)26-12-6-7-13-26/h1-14H,15-17H2,(H,24,28)/t30-/m0/s1. The third kappa shape index (κ3) is 4.72. The van der Waals surface area contributed by atoms with Crippen LogP contribution in [0.1, 0.15) is 11.3 Å². The number of benzene rings is 1. The van der Waals surface area contributed by atoms with Gasteiger partial charge in [-0.2, -0.15) is 5.10 Å². The molecule has 0 aliphatic rings. The van der Waals surface area contributed by atoms with Crippen molar-refractivity contribution in [3.8, 4) is 11.5 Å². The first-order valence-electron chi connectivity index (χ1n) is 9.48. The monoisotopic (exact) mass is 419 g/mol. The highest BCUT2D eigenvalue weighted by atomic mass is 32.2. The second-order valence-electron chi connectivity index (χ2n) is 6.66. The van der Waals surface area contributed by atoms with Gasteiger partial charge in [-0.3, -0.25) is 14.0 Å². The van der Waals surface area contributed by atoms with E-state index in [1.54, 1.807) is 12.4 Å². The summed E-state index contributed by atoms with van der Waals surface area (Å²) in [5.74, 6) is 0.705. The number of nitrogens with zero attached hydrogens (tertiary/aromatic N) is 4. The molecule has 3 aromatic heterocycles. The van der Waals surface area contributed by atoms with Crippen LogP contribution in [0.5, 0.6) is 0 Å². The average molecular weight is 420 g/mol. The number of hydrogen-bond acceptors (Lipinski definition) is 4. The van der Waals surface area contributed by atoms with E-state index in [2.05, 4.69) is 15.4 Å². The van der Waals surface area contributed by atoms with E-state index in [0.717, 1.165) is 22.8 Å². The smallest absolute Gasteiger partial charge is 0.232 e. The molecule has 0 unspecified atom stereocenters. The Morgan fingerprint density at radius 3 is 2.50 bits per heavy atom. The fourth-order valence-electron chi connectivity index (χ4n) is 3.10. The molecule has 3 heterocycles. The lowest BCUT2D eigenvalue weighted by molar-refractivity contribution is -0.118. The summed E-state index contributed by atoms with van der Waals surface area (Å²) in [6.07, 6.45) is 7.23. The Bertz CT molecular complexity index is 1130. The summed E-state index contributed by atoms with van der Waals surface area (Å²) in [6.45, 7) is 0.317. The number of amides is 1. The largest absolute Gasteiger partial charge is 0.350 e. The summed E-state index contributed by atoms with van der Waals surface area (Å²) in [7, 11) is -1.37. The normalized spacial score (nSPS) is 11.9. The quantitative estimate of drug-likeness (QED) is 0.476. The van der Waals surface area contributed by atoms with E-state index in [9.17, 15) is 9.00 Å². The van der Waals surface area contributed by atoms with Crippen LogP contribution in [0.4, 0.5) is 0 Å². The van der Waals surface area contributed by atoms with Crippen molar-refractivity contribution in [1.29, 1.82) is 0 Å². The van der Waals surface area contributed by atoms with Crippen LogP contribution in [0, 0.1) is 0 Å².